The van der Waals surface area contributed by atoms with Crippen molar-refractivity contribution >= 4 is 11.4 Å². The fourth-order valence-electron chi connectivity index (χ4n) is 2.70. The number of nitro benzene ring substituents is 1. The number of nitro groups is 1. The van der Waals surface area contributed by atoms with Crippen LogP contribution in [0.1, 0.15) is 32.6 Å². The van der Waals surface area contributed by atoms with Crippen molar-refractivity contribution in [2.75, 3.05) is 11.9 Å². The molecule has 2 atom stereocenters. The number of nitrogens with one attached hydrogen (secondary N) is 2. The summed E-state index contributed by atoms with van der Waals surface area (Å²) in [5.74, 6) is -1.89. The molecule has 1 aromatic rings. The Morgan fingerprint density at radius 3 is 2.86 bits per heavy atom. The van der Waals surface area contributed by atoms with Crippen LogP contribution in [0.4, 0.5) is 20.2 Å². The summed E-state index contributed by atoms with van der Waals surface area (Å²) in [7, 11) is 0. The lowest BCUT2D eigenvalue weighted by Crippen LogP contribution is -2.37. The van der Waals surface area contributed by atoms with Crippen LogP contribution < -0.4 is 10.6 Å². The first-order valence-electron chi connectivity index (χ1n) is 7.10. The lowest BCUT2D eigenvalue weighted by atomic mass is 9.98. The molecule has 1 aliphatic rings. The van der Waals surface area contributed by atoms with Gasteiger partial charge in [0.2, 0.25) is 0 Å². The van der Waals surface area contributed by atoms with Gasteiger partial charge in [-0.25, -0.2) is 8.78 Å². The number of halogens is 2. The van der Waals surface area contributed by atoms with E-state index in [1.165, 1.54) is 0 Å². The number of hydrogen-bond donors (Lipinski definition) is 2. The van der Waals surface area contributed by atoms with E-state index in [4.69, 9.17) is 0 Å². The maximum atomic E-state index is 13.8. The number of anilines is 1. The molecule has 0 aromatic heterocycles. The number of piperidine rings is 1. The van der Waals surface area contributed by atoms with Crippen molar-refractivity contribution in [1.29, 1.82) is 0 Å². The van der Waals surface area contributed by atoms with Gasteiger partial charge in [-0.1, -0.05) is 6.42 Å². The SMILES string of the molecule is CC(CC1CCCCN1)Nc1c(F)cc(F)cc1[N+](=O)[O-]. The van der Waals surface area contributed by atoms with Crippen LogP contribution in [0.2, 0.25) is 0 Å². The number of rotatable bonds is 5. The van der Waals surface area contributed by atoms with Crippen molar-refractivity contribution in [2.24, 2.45) is 0 Å². The molecule has 1 aliphatic heterocycles. The predicted molar refractivity (Wildman–Crippen MR) is 76.4 cm³/mol. The van der Waals surface area contributed by atoms with Crippen LogP contribution in [0.3, 0.4) is 0 Å². The highest BCUT2D eigenvalue weighted by Gasteiger charge is 2.23. The molecule has 21 heavy (non-hydrogen) atoms. The number of nitrogens with zero attached hydrogens (tertiary/aromatic N) is 1. The molecule has 0 radical (unpaired) electrons. The van der Waals surface area contributed by atoms with Crippen LogP contribution in [0.25, 0.3) is 0 Å². The molecule has 1 saturated heterocycles. The molecule has 1 heterocycles. The maximum absolute atomic E-state index is 13.8. The van der Waals surface area contributed by atoms with E-state index in [1.807, 2.05) is 6.92 Å². The molecule has 2 N–H and O–H groups in total. The summed E-state index contributed by atoms with van der Waals surface area (Å²) in [5.41, 5.74) is -0.819. The lowest BCUT2D eigenvalue weighted by Gasteiger charge is -2.27. The highest BCUT2D eigenvalue weighted by Crippen LogP contribution is 2.30. The minimum atomic E-state index is -0.952. The molecular weight excluding hydrogens is 280 g/mol. The summed E-state index contributed by atoms with van der Waals surface area (Å²) >= 11 is 0. The second kappa shape index (κ2) is 6.80. The molecule has 1 aromatic carbocycles. The van der Waals surface area contributed by atoms with E-state index in [-0.39, 0.29) is 11.7 Å². The van der Waals surface area contributed by atoms with Crippen LogP contribution in [0, 0.1) is 21.7 Å². The molecule has 7 heteroatoms. The van der Waals surface area contributed by atoms with Crippen LogP contribution in [-0.4, -0.2) is 23.6 Å². The molecule has 1 fully saturated rings. The normalized spacial score (nSPS) is 20.0. The van der Waals surface area contributed by atoms with E-state index >= 15 is 0 Å². The molecule has 116 valence electrons. The van der Waals surface area contributed by atoms with E-state index in [0.29, 0.717) is 12.1 Å². The molecule has 2 unspecified atom stereocenters. The van der Waals surface area contributed by atoms with Crippen molar-refractivity contribution in [3.63, 3.8) is 0 Å². The Bertz CT molecular complexity index is 519. The van der Waals surface area contributed by atoms with Gasteiger partial charge in [0.1, 0.15) is 11.5 Å². The average molecular weight is 299 g/mol. The van der Waals surface area contributed by atoms with Crippen molar-refractivity contribution in [2.45, 2.75) is 44.7 Å². The third-order valence-electron chi connectivity index (χ3n) is 3.67. The van der Waals surface area contributed by atoms with Crippen molar-refractivity contribution in [1.82, 2.24) is 5.32 Å². The van der Waals surface area contributed by atoms with E-state index in [2.05, 4.69) is 10.6 Å². The monoisotopic (exact) mass is 299 g/mol. The minimum Gasteiger partial charge on any atom is -0.375 e. The largest absolute Gasteiger partial charge is 0.375 e. The van der Waals surface area contributed by atoms with Crippen LogP contribution in [-0.2, 0) is 0 Å². The topological polar surface area (TPSA) is 67.2 Å². The Morgan fingerprint density at radius 1 is 1.48 bits per heavy atom. The first-order chi connectivity index (χ1) is 9.97. The maximum Gasteiger partial charge on any atom is 0.298 e. The third-order valence-corrected chi connectivity index (χ3v) is 3.67. The van der Waals surface area contributed by atoms with Gasteiger partial charge in [0.05, 0.1) is 11.0 Å². The Balaban J connectivity index is 2.09. The average Bonchev–Trinajstić information content (AvgIpc) is 2.42. The van der Waals surface area contributed by atoms with Crippen LogP contribution in [0.5, 0.6) is 0 Å². The first-order valence-corrected chi connectivity index (χ1v) is 7.10. The minimum absolute atomic E-state index is 0.153. The fraction of sp³-hybridized carbons (Fsp3) is 0.571. The third kappa shape index (κ3) is 4.10. The van der Waals surface area contributed by atoms with Gasteiger partial charge in [-0.15, -0.1) is 0 Å². The Morgan fingerprint density at radius 2 is 2.24 bits per heavy atom. The number of hydrogen-bond acceptors (Lipinski definition) is 4. The zero-order chi connectivity index (χ0) is 15.4. The summed E-state index contributed by atoms with van der Waals surface area (Å²) in [6, 6.07) is 1.56. The van der Waals surface area contributed by atoms with Gasteiger partial charge < -0.3 is 10.6 Å². The summed E-state index contributed by atoms with van der Waals surface area (Å²) in [6.07, 6.45) is 4.07. The van der Waals surface area contributed by atoms with Gasteiger partial charge >= 0.3 is 0 Å². The Labute approximate surface area is 121 Å². The highest BCUT2D eigenvalue weighted by molar-refractivity contribution is 5.62. The standard InChI is InChI=1S/C14H19F2N3O2/c1-9(6-11-4-2-3-5-17-11)18-14-12(16)7-10(15)8-13(14)19(20)21/h7-9,11,17-18H,2-6H2,1H3. The molecular formula is C14H19F2N3O2. The quantitative estimate of drug-likeness (QED) is 0.647. The lowest BCUT2D eigenvalue weighted by molar-refractivity contribution is -0.384. The molecule has 0 saturated carbocycles. The molecule has 0 amide bonds. The Kier molecular flexibility index (Phi) is 5.06. The summed E-state index contributed by atoms with van der Waals surface area (Å²) in [4.78, 5) is 10.1. The van der Waals surface area contributed by atoms with E-state index in [1.54, 1.807) is 0 Å². The van der Waals surface area contributed by atoms with Crippen molar-refractivity contribution in [3.8, 4) is 0 Å². The van der Waals surface area contributed by atoms with Gasteiger partial charge in [-0.05, 0) is 32.7 Å². The summed E-state index contributed by atoms with van der Waals surface area (Å²) in [6.45, 7) is 2.80. The second-order valence-electron chi connectivity index (χ2n) is 5.47. The molecule has 5 nitrogen and oxygen atoms in total. The van der Waals surface area contributed by atoms with Gasteiger partial charge in [-0.2, -0.15) is 0 Å². The van der Waals surface area contributed by atoms with Gasteiger partial charge in [0.25, 0.3) is 5.69 Å². The van der Waals surface area contributed by atoms with E-state index < -0.39 is 22.2 Å². The predicted octanol–water partition coefficient (Wildman–Crippen LogP) is 3.21. The highest BCUT2D eigenvalue weighted by atomic mass is 19.1. The Hall–Kier alpha value is -1.76. The first kappa shape index (κ1) is 15.6. The van der Waals surface area contributed by atoms with Gasteiger partial charge in [0, 0.05) is 18.2 Å². The summed E-state index contributed by atoms with van der Waals surface area (Å²) in [5, 5.41) is 17.1. The van der Waals surface area contributed by atoms with E-state index in [9.17, 15) is 18.9 Å². The van der Waals surface area contributed by atoms with Gasteiger partial charge in [-0.3, -0.25) is 10.1 Å². The number of benzene rings is 1. The van der Waals surface area contributed by atoms with E-state index in [0.717, 1.165) is 38.3 Å². The molecule has 0 spiro atoms. The molecule has 0 aliphatic carbocycles. The van der Waals surface area contributed by atoms with Crippen LogP contribution in [0.15, 0.2) is 12.1 Å². The zero-order valence-corrected chi connectivity index (χ0v) is 11.9. The second-order valence-corrected chi connectivity index (χ2v) is 5.47. The smallest absolute Gasteiger partial charge is 0.298 e. The summed E-state index contributed by atoms with van der Waals surface area (Å²) < 4.78 is 26.9. The van der Waals surface area contributed by atoms with Gasteiger partial charge in [0.15, 0.2) is 5.82 Å². The van der Waals surface area contributed by atoms with Crippen LogP contribution >= 0.6 is 0 Å². The van der Waals surface area contributed by atoms with Crippen molar-refractivity contribution in [3.05, 3.63) is 33.9 Å². The molecule has 2 rings (SSSR count). The zero-order valence-electron chi connectivity index (χ0n) is 11.9. The van der Waals surface area contributed by atoms with Crippen molar-refractivity contribution < 1.29 is 13.7 Å². The fourth-order valence-corrected chi connectivity index (χ4v) is 2.70. The molecule has 0 bridgehead atoms.